The van der Waals surface area contributed by atoms with Crippen molar-refractivity contribution in [3.05, 3.63) is 59.7 Å². The predicted molar refractivity (Wildman–Crippen MR) is 118 cm³/mol. The van der Waals surface area contributed by atoms with Crippen LogP contribution in [0.3, 0.4) is 0 Å². The van der Waals surface area contributed by atoms with Crippen LogP contribution >= 0.6 is 0 Å². The van der Waals surface area contributed by atoms with Gasteiger partial charge in [-0.1, -0.05) is 24.3 Å². The molecule has 168 valence electrons. The molecule has 2 rings (SSSR count). The van der Waals surface area contributed by atoms with Crippen molar-refractivity contribution in [1.82, 2.24) is 4.90 Å². The van der Waals surface area contributed by atoms with Gasteiger partial charge in [0, 0.05) is 26.1 Å². The van der Waals surface area contributed by atoms with Gasteiger partial charge in [-0.15, -0.1) is 0 Å². The normalized spacial score (nSPS) is 12.6. The summed E-state index contributed by atoms with van der Waals surface area (Å²) in [5.41, 5.74) is 1.95. The summed E-state index contributed by atoms with van der Waals surface area (Å²) in [6, 6.07) is 14.9. The van der Waals surface area contributed by atoms with Gasteiger partial charge in [-0.25, -0.2) is 4.79 Å². The molecule has 1 N–H and O–H groups in total. The van der Waals surface area contributed by atoms with Gasteiger partial charge in [0.05, 0.1) is 7.11 Å². The minimum Gasteiger partial charge on any atom is -0.497 e. The van der Waals surface area contributed by atoms with Gasteiger partial charge >= 0.3 is 5.97 Å². The third-order valence-corrected chi connectivity index (χ3v) is 5.15. The Morgan fingerprint density at radius 3 is 1.97 bits per heavy atom. The molecule has 0 aromatic heterocycles. The first kappa shape index (κ1) is 24.2. The molecule has 31 heavy (non-hydrogen) atoms. The molecule has 0 heterocycles. The number of carboxylic acid groups (broad SMARTS) is 1. The van der Waals surface area contributed by atoms with Crippen LogP contribution in [0.5, 0.6) is 11.5 Å². The van der Waals surface area contributed by atoms with E-state index in [9.17, 15) is 9.59 Å². The number of carbonyl (C=O) groups is 2. The van der Waals surface area contributed by atoms with Crippen LogP contribution in [0.1, 0.15) is 25.0 Å². The molecule has 0 saturated carbocycles. The lowest BCUT2D eigenvalue weighted by Crippen LogP contribution is -2.42. The molecule has 0 bridgehead atoms. The summed E-state index contributed by atoms with van der Waals surface area (Å²) in [6.07, 6.45) is 0.110. The molecular formula is C24H31NO6. The molecule has 7 heteroatoms. The van der Waals surface area contributed by atoms with Crippen molar-refractivity contribution in [3.63, 3.8) is 0 Å². The Kier molecular flexibility index (Phi) is 9.34. The van der Waals surface area contributed by atoms with Gasteiger partial charge in [-0.05, 0) is 55.7 Å². The Morgan fingerprint density at radius 1 is 0.935 bits per heavy atom. The van der Waals surface area contributed by atoms with Crippen molar-refractivity contribution in [1.29, 1.82) is 0 Å². The molecule has 2 atom stereocenters. The first-order chi connectivity index (χ1) is 14.9. The second-order valence-electron chi connectivity index (χ2n) is 7.28. The van der Waals surface area contributed by atoms with Crippen LogP contribution in [0.25, 0.3) is 0 Å². The predicted octanol–water partition coefficient (Wildman–Crippen LogP) is 3.20. The van der Waals surface area contributed by atoms with Gasteiger partial charge in [-0.3, -0.25) is 4.79 Å². The third-order valence-electron chi connectivity index (χ3n) is 5.15. The molecule has 2 aromatic carbocycles. The van der Waals surface area contributed by atoms with Crippen molar-refractivity contribution >= 4 is 11.9 Å². The molecule has 2 unspecified atom stereocenters. The Bertz CT molecular complexity index is 834. The van der Waals surface area contributed by atoms with E-state index in [0.717, 1.165) is 23.3 Å². The number of hydrogen-bond acceptors (Lipinski definition) is 5. The summed E-state index contributed by atoms with van der Waals surface area (Å²) in [6.45, 7) is 4.50. The van der Waals surface area contributed by atoms with Gasteiger partial charge in [0.1, 0.15) is 11.5 Å². The average molecular weight is 430 g/mol. The number of amides is 1. The Labute approximate surface area is 183 Å². The molecule has 0 fully saturated rings. The Hall–Kier alpha value is -3.06. The number of rotatable bonds is 12. The van der Waals surface area contributed by atoms with E-state index in [1.54, 1.807) is 36.3 Å². The molecule has 2 aromatic rings. The zero-order valence-corrected chi connectivity index (χ0v) is 18.5. The van der Waals surface area contributed by atoms with Crippen LogP contribution < -0.4 is 9.47 Å². The van der Waals surface area contributed by atoms with E-state index in [4.69, 9.17) is 19.3 Å². The smallest absolute Gasteiger partial charge is 0.333 e. The van der Waals surface area contributed by atoms with Crippen molar-refractivity contribution in [3.8, 4) is 11.5 Å². The SMILES string of the molecule is CCN(C(=O)COc1ccc(CC(OC)C(=O)O)cc1)C(C)Cc1ccc(OC)cc1. The molecule has 7 nitrogen and oxygen atoms in total. The second kappa shape index (κ2) is 12.0. The second-order valence-corrected chi connectivity index (χ2v) is 7.28. The van der Waals surface area contributed by atoms with Gasteiger partial charge in [0.15, 0.2) is 12.7 Å². The average Bonchev–Trinajstić information content (AvgIpc) is 2.77. The number of aliphatic carboxylic acids is 1. The minimum absolute atomic E-state index is 0.0267. The zero-order chi connectivity index (χ0) is 22.8. The van der Waals surface area contributed by atoms with E-state index in [-0.39, 0.29) is 25.0 Å². The van der Waals surface area contributed by atoms with E-state index in [1.807, 2.05) is 38.1 Å². The van der Waals surface area contributed by atoms with Gasteiger partial charge in [0.25, 0.3) is 5.91 Å². The van der Waals surface area contributed by atoms with Crippen LogP contribution in [-0.2, 0) is 27.2 Å². The monoisotopic (exact) mass is 429 g/mol. The summed E-state index contributed by atoms with van der Waals surface area (Å²) >= 11 is 0. The van der Waals surface area contributed by atoms with E-state index in [2.05, 4.69) is 0 Å². The lowest BCUT2D eigenvalue weighted by molar-refractivity contribution is -0.148. The summed E-state index contributed by atoms with van der Waals surface area (Å²) in [4.78, 5) is 25.6. The zero-order valence-electron chi connectivity index (χ0n) is 18.5. The first-order valence-electron chi connectivity index (χ1n) is 10.3. The lowest BCUT2D eigenvalue weighted by Gasteiger charge is -2.28. The van der Waals surface area contributed by atoms with Crippen molar-refractivity contribution in [2.75, 3.05) is 27.4 Å². The van der Waals surface area contributed by atoms with Crippen molar-refractivity contribution in [2.45, 2.75) is 38.8 Å². The highest BCUT2D eigenvalue weighted by Gasteiger charge is 2.20. The van der Waals surface area contributed by atoms with Crippen LogP contribution in [0, 0.1) is 0 Å². The largest absolute Gasteiger partial charge is 0.497 e. The minimum atomic E-state index is -1.00. The number of hydrogen-bond donors (Lipinski definition) is 1. The summed E-state index contributed by atoms with van der Waals surface area (Å²) in [5.74, 6) is 0.273. The maximum absolute atomic E-state index is 12.7. The Morgan fingerprint density at radius 2 is 1.48 bits per heavy atom. The van der Waals surface area contributed by atoms with Crippen molar-refractivity contribution in [2.24, 2.45) is 0 Å². The summed E-state index contributed by atoms with van der Waals surface area (Å²) in [5, 5.41) is 9.07. The fourth-order valence-corrected chi connectivity index (χ4v) is 3.38. The molecule has 0 spiro atoms. The molecule has 0 saturated heterocycles. The third kappa shape index (κ3) is 7.29. The number of benzene rings is 2. The molecule has 0 radical (unpaired) electrons. The fourth-order valence-electron chi connectivity index (χ4n) is 3.38. The van der Waals surface area contributed by atoms with Crippen LogP contribution in [0.2, 0.25) is 0 Å². The fraction of sp³-hybridized carbons (Fsp3) is 0.417. The van der Waals surface area contributed by atoms with Crippen LogP contribution in [0.15, 0.2) is 48.5 Å². The summed E-state index contributed by atoms with van der Waals surface area (Å²) < 4.78 is 15.8. The van der Waals surface area contributed by atoms with Gasteiger partial charge in [-0.2, -0.15) is 0 Å². The van der Waals surface area contributed by atoms with Gasteiger partial charge in [0.2, 0.25) is 0 Å². The summed E-state index contributed by atoms with van der Waals surface area (Å²) in [7, 11) is 3.01. The van der Waals surface area contributed by atoms with Crippen LogP contribution in [-0.4, -0.2) is 61.4 Å². The number of carboxylic acids is 1. The number of nitrogens with zero attached hydrogens (tertiary/aromatic N) is 1. The maximum Gasteiger partial charge on any atom is 0.333 e. The number of carbonyl (C=O) groups excluding carboxylic acids is 1. The van der Waals surface area contributed by atoms with E-state index >= 15 is 0 Å². The molecule has 0 aliphatic rings. The quantitative estimate of drug-likeness (QED) is 0.558. The topological polar surface area (TPSA) is 85.3 Å². The van der Waals surface area contributed by atoms with E-state index in [1.165, 1.54) is 7.11 Å². The van der Waals surface area contributed by atoms with E-state index < -0.39 is 12.1 Å². The van der Waals surface area contributed by atoms with Gasteiger partial charge < -0.3 is 24.2 Å². The molecule has 0 aliphatic carbocycles. The van der Waals surface area contributed by atoms with Crippen LogP contribution in [0.4, 0.5) is 0 Å². The van der Waals surface area contributed by atoms with E-state index in [0.29, 0.717) is 12.3 Å². The first-order valence-corrected chi connectivity index (χ1v) is 10.3. The molecule has 1 amide bonds. The van der Waals surface area contributed by atoms with Crippen molar-refractivity contribution < 1.29 is 28.9 Å². The molecule has 0 aliphatic heterocycles. The number of methoxy groups -OCH3 is 2. The lowest BCUT2D eigenvalue weighted by atomic mass is 10.1. The highest BCUT2D eigenvalue weighted by atomic mass is 16.5. The number of ether oxygens (including phenoxy) is 3. The highest BCUT2D eigenvalue weighted by molar-refractivity contribution is 5.78. The Balaban J connectivity index is 1.89. The standard InChI is InChI=1S/C24H31NO6/c1-5-25(17(2)14-18-6-10-20(29-3)11-7-18)23(26)16-31-21-12-8-19(9-13-21)15-22(30-4)24(27)28/h6-13,17,22H,5,14-16H2,1-4H3,(H,27,28). The maximum atomic E-state index is 12.7. The highest BCUT2D eigenvalue weighted by Crippen LogP contribution is 2.17. The number of likely N-dealkylation sites (N-methyl/N-ethyl adjacent to an activating group) is 1. The molecular weight excluding hydrogens is 398 g/mol.